The summed E-state index contributed by atoms with van der Waals surface area (Å²) < 4.78 is 6.86. The van der Waals surface area contributed by atoms with E-state index in [1.165, 1.54) is 11.1 Å². The van der Waals surface area contributed by atoms with E-state index in [1.54, 1.807) is 4.68 Å². The molecule has 0 bridgehead atoms. The first-order valence-electron chi connectivity index (χ1n) is 5.58. The second kappa shape index (κ2) is 4.86. The minimum atomic E-state index is 0.332. The maximum Gasteiger partial charge on any atom is 0.337 e. The number of aromatic nitrogens is 3. The maximum absolute atomic E-state index is 5.78. The Morgan fingerprint density at radius 3 is 2.82 bits per heavy atom. The van der Waals surface area contributed by atoms with Gasteiger partial charge in [0.05, 0.1) is 13.2 Å². The van der Waals surface area contributed by atoms with Crippen molar-refractivity contribution < 1.29 is 4.74 Å². The molecule has 0 atom stereocenters. The van der Waals surface area contributed by atoms with Crippen LogP contribution in [0.3, 0.4) is 0 Å². The van der Waals surface area contributed by atoms with Gasteiger partial charge in [0, 0.05) is 0 Å². The normalized spacial score (nSPS) is 10.5. The summed E-state index contributed by atoms with van der Waals surface area (Å²) in [4.78, 5) is 4.03. The minimum Gasteiger partial charge on any atom is -0.463 e. The molecule has 0 saturated carbocycles. The van der Waals surface area contributed by atoms with Gasteiger partial charge in [-0.15, -0.1) is 5.10 Å². The molecule has 2 N–H and O–H groups in total. The number of nitrogen functional groups attached to an aromatic ring is 1. The number of nitrogens with zero attached hydrogens (tertiary/aromatic N) is 3. The molecular formula is C12H16N4O. The highest BCUT2D eigenvalue weighted by molar-refractivity contribution is 5.28. The van der Waals surface area contributed by atoms with Gasteiger partial charge in [-0.1, -0.05) is 24.3 Å². The molecule has 0 amide bonds. The lowest BCUT2D eigenvalue weighted by molar-refractivity contribution is 0.311. The Labute approximate surface area is 100 Å². The molecule has 5 heteroatoms. The van der Waals surface area contributed by atoms with Crippen LogP contribution in [0.1, 0.15) is 18.1 Å². The summed E-state index contributed by atoms with van der Waals surface area (Å²) in [5.74, 6) is 0.372. The molecular weight excluding hydrogens is 216 g/mol. The fourth-order valence-corrected chi connectivity index (χ4v) is 1.59. The van der Waals surface area contributed by atoms with Gasteiger partial charge in [-0.25, -0.2) is 4.68 Å². The van der Waals surface area contributed by atoms with Crippen LogP contribution < -0.4 is 10.5 Å². The molecule has 1 aromatic carbocycles. The van der Waals surface area contributed by atoms with Crippen LogP contribution in [-0.2, 0) is 6.54 Å². The molecule has 0 radical (unpaired) electrons. The van der Waals surface area contributed by atoms with Crippen molar-refractivity contribution in [3.8, 4) is 6.01 Å². The van der Waals surface area contributed by atoms with Crippen molar-refractivity contribution in [3.63, 3.8) is 0 Å². The van der Waals surface area contributed by atoms with Crippen molar-refractivity contribution in [2.45, 2.75) is 20.4 Å². The molecule has 1 aromatic heterocycles. The summed E-state index contributed by atoms with van der Waals surface area (Å²) in [5, 5.41) is 4.19. The number of hydrogen-bond acceptors (Lipinski definition) is 4. The van der Waals surface area contributed by atoms with Gasteiger partial charge in [-0.2, -0.15) is 4.98 Å². The first-order valence-corrected chi connectivity index (χ1v) is 5.58. The van der Waals surface area contributed by atoms with Gasteiger partial charge in [0.25, 0.3) is 0 Å². The van der Waals surface area contributed by atoms with Crippen molar-refractivity contribution in [2.75, 3.05) is 12.3 Å². The Morgan fingerprint density at radius 2 is 2.12 bits per heavy atom. The third-order valence-corrected chi connectivity index (χ3v) is 2.54. The highest BCUT2D eigenvalue weighted by Crippen LogP contribution is 2.13. The Morgan fingerprint density at radius 1 is 1.35 bits per heavy atom. The highest BCUT2D eigenvalue weighted by atomic mass is 16.5. The fourth-order valence-electron chi connectivity index (χ4n) is 1.59. The van der Waals surface area contributed by atoms with Gasteiger partial charge in [-0.05, 0) is 25.0 Å². The zero-order valence-corrected chi connectivity index (χ0v) is 10.1. The van der Waals surface area contributed by atoms with Crippen molar-refractivity contribution >= 4 is 5.95 Å². The molecule has 0 aliphatic rings. The quantitative estimate of drug-likeness (QED) is 0.869. The number of aryl methyl sites for hydroxylation is 1. The average Bonchev–Trinajstić information content (AvgIpc) is 2.63. The third kappa shape index (κ3) is 2.55. The van der Waals surface area contributed by atoms with Crippen LogP contribution in [0.4, 0.5) is 5.95 Å². The highest BCUT2D eigenvalue weighted by Gasteiger charge is 2.08. The van der Waals surface area contributed by atoms with Crippen LogP contribution in [0.25, 0.3) is 0 Å². The van der Waals surface area contributed by atoms with Crippen LogP contribution in [0, 0.1) is 6.92 Å². The predicted molar refractivity (Wildman–Crippen MR) is 65.9 cm³/mol. The van der Waals surface area contributed by atoms with Gasteiger partial charge in [0.15, 0.2) is 0 Å². The van der Waals surface area contributed by atoms with Crippen LogP contribution in [0.5, 0.6) is 6.01 Å². The molecule has 0 saturated heterocycles. The summed E-state index contributed by atoms with van der Waals surface area (Å²) in [6, 6.07) is 8.45. The predicted octanol–water partition coefficient (Wildman–Crippen LogP) is 1.62. The number of ether oxygens (including phenoxy) is 1. The molecule has 17 heavy (non-hydrogen) atoms. The van der Waals surface area contributed by atoms with E-state index in [0.717, 1.165) is 0 Å². The van der Waals surface area contributed by atoms with E-state index < -0.39 is 0 Å². The van der Waals surface area contributed by atoms with E-state index in [-0.39, 0.29) is 0 Å². The Balaban J connectivity index is 2.21. The number of rotatable bonds is 4. The maximum atomic E-state index is 5.78. The number of benzene rings is 1. The van der Waals surface area contributed by atoms with Gasteiger partial charge in [0.1, 0.15) is 0 Å². The number of hydrogen-bond donors (Lipinski definition) is 1. The van der Waals surface area contributed by atoms with Gasteiger partial charge >= 0.3 is 6.01 Å². The van der Waals surface area contributed by atoms with Crippen molar-refractivity contribution in [1.29, 1.82) is 0 Å². The fraction of sp³-hybridized carbons (Fsp3) is 0.333. The van der Waals surface area contributed by atoms with Gasteiger partial charge in [-0.3, -0.25) is 0 Å². The summed E-state index contributed by atoms with van der Waals surface area (Å²) in [6.45, 7) is 5.09. The zero-order valence-electron chi connectivity index (χ0n) is 10.1. The van der Waals surface area contributed by atoms with Crippen molar-refractivity contribution in [2.24, 2.45) is 0 Å². The minimum absolute atomic E-state index is 0.332. The van der Waals surface area contributed by atoms with Crippen LogP contribution in [-0.4, -0.2) is 21.4 Å². The molecule has 90 valence electrons. The van der Waals surface area contributed by atoms with Crippen LogP contribution >= 0.6 is 0 Å². The second-order valence-electron chi connectivity index (χ2n) is 3.77. The van der Waals surface area contributed by atoms with E-state index in [9.17, 15) is 0 Å². The molecule has 0 aliphatic carbocycles. The summed E-state index contributed by atoms with van der Waals surface area (Å²) in [6.07, 6.45) is 0. The van der Waals surface area contributed by atoms with E-state index in [1.807, 2.05) is 19.1 Å². The summed E-state index contributed by atoms with van der Waals surface area (Å²) in [7, 11) is 0. The second-order valence-corrected chi connectivity index (χ2v) is 3.77. The molecule has 0 spiro atoms. The van der Waals surface area contributed by atoms with E-state index in [0.29, 0.717) is 25.1 Å². The molecule has 0 aliphatic heterocycles. The molecule has 0 unspecified atom stereocenters. The molecule has 5 nitrogen and oxygen atoms in total. The lowest BCUT2D eigenvalue weighted by Crippen LogP contribution is -2.07. The smallest absolute Gasteiger partial charge is 0.337 e. The monoisotopic (exact) mass is 232 g/mol. The van der Waals surface area contributed by atoms with Gasteiger partial charge in [0.2, 0.25) is 5.95 Å². The Hall–Kier alpha value is -2.04. The molecule has 0 fully saturated rings. The average molecular weight is 232 g/mol. The summed E-state index contributed by atoms with van der Waals surface area (Å²) in [5.41, 5.74) is 8.16. The van der Waals surface area contributed by atoms with Crippen molar-refractivity contribution in [3.05, 3.63) is 35.4 Å². The topological polar surface area (TPSA) is 66.0 Å². The molecule has 2 aromatic rings. The Bertz CT molecular complexity index is 507. The molecule has 2 rings (SSSR count). The van der Waals surface area contributed by atoms with Crippen LogP contribution in [0.2, 0.25) is 0 Å². The van der Waals surface area contributed by atoms with E-state index in [4.69, 9.17) is 10.5 Å². The molecule has 1 heterocycles. The zero-order chi connectivity index (χ0) is 12.3. The number of nitrogens with two attached hydrogens (primary N) is 1. The van der Waals surface area contributed by atoms with Crippen molar-refractivity contribution in [1.82, 2.24) is 14.8 Å². The standard InChI is InChI=1S/C12H16N4O/c1-3-17-12-14-11(13)16(15-12)8-10-7-5-4-6-9(10)2/h4-7H,3,8H2,1-2H3,(H2,13,14,15). The third-order valence-electron chi connectivity index (χ3n) is 2.54. The van der Waals surface area contributed by atoms with Gasteiger partial charge < -0.3 is 10.5 Å². The van der Waals surface area contributed by atoms with Crippen LogP contribution in [0.15, 0.2) is 24.3 Å². The number of anilines is 1. The first kappa shape index (κ1) is 11.4. The SMILES string of the molecule is CCOc1nc(N)n(Cc2ccccc2C)n1. The lowest BCUT2D eigenvalue weighted by Gasteiger charge is -2.05. The Kier molecular flexibility index (Phi) is 3.27. The summed E-state index contributed by atoms with van der Waals surface area (Å²) >= 11 is 0. The van der Waals surface area contributed by atoms with E-state index >= 15 is 0 Å². The van der Waals surface area contributed by atoms with E-state index in [2.05, 4.69) is 29.1 Å². The first-order chi connectivity index (χ1) is 8.20. The lowest BCUT2D eigenvalue weighted by atomic mass is 10.1. The largest absolute Gasteiger partial charge is 0.463 e.